The predicted octanol–water partition coefficient (Wildman–Crippen LogP) is 2.01. The molecule has 1 aromatic rings. The topological polar surface area (TPSA) is 64.3 Å². The summed E-state index contributed by atoms with van der Waals surface area (Å²) in [4.78, 5) is 11.8. The highest BCUT2D eigenvalue weighted by Gasteiger charge is 2.30. The first-order valence-corrected chi connectivity index (χ1v) is 7.38. The van der Waals surface area contributed by atoms with Crippen LogP contribution in [0.25, 0.3) is 0 Å². The zero-order valence-electron chi connectivity index (χ0n) is 12.1. The molecular weight excluding hydrogens is 252 g/mol. The van der Waals surface area contributed by atoms with Gasteiger partial charge in [-0.3, -0.25) is 4.79 Å². The Bertz CT molecular complexity index is 444. The van der Waals surface area contributed by atoms with Gasteiger partial charge in [0.2, 0.25) is 5.91 Å². The van der Waals surface area contributed by atoms with E-state index in [4.69, 9.17) is 10.5 Å². The van der Waals surface area contributed by atoms with Gasteiger partial charge in [-0.1, -0.05) is 18.2 Å². The molecule has 110 valence electrons. The monoisotopic (exact) mass is 276 g/mol. The molecule has 0 heterocycles. The summed E-state index contributed by atoms with van der Waals surface area (Å²) in [6.07, 6.45) is 3.61. The highest BCUT2D eigenvalue weighted by atomic mass is 16.5. The number of carbonyl (C=O) groups is 1. The average Bonchev–Trinajstić information content (AvgIpc) is 3.27. The van der Waals surface area contributed by atoms with E-state index in [1.165, 1.54) is 12.8 Å². The summed E-state index contributed by atoms with van der Waals surface area (Å²) in [5.74, 6) is 1.58. The summed E-state index contributed by atoms with van der Waals surface area (Å²) >= 11 is 0. The molecule has 1 amide bonds. The van der Waals surface area contributed by atoms with Gasteiger partial charge in [0.25, 0.3) is 0 Å². The van der Waals surface area contributed by atoms with E-state index < -0.39 is 0 Å². The molecule has 0 bridgehead atoms. The predicted molar refractivity (Wildman–Crippen MR) is 79.6 cm³/mol. The third-order valence-electron chi connectivity index (χ3n) is 3.69. The van der Waals surface area contributed by atoms with E-state index in [0.717, 1.165) is 17.7 Å². The second-order valence-corrected chi connectivity index (χ2v) is 5.46. The largest absolute Gasteiger partial charge is 0.493 e. The first kappa shape index (κ1) is 14.9. The van der Waals surface area contributed by atoms with E-state index in [9.17, 15) is 4.79 Å². The van der Waals surface area contributed by atoms with Crippen LogP contribution in [0, 0.1) is 12.8 Å². The maximum atomic E-state index is 11.8. The van der Waals surface area contributed by atoms with E-state index in [2.05, 4.69) is 5.32 Å². The van der Waals surface area contributed by atoms with Crippen LogP contribution >= 0.6 is 0 Å². The van der Waals surface area contributed by atoms with Gasteiger partial charge in [0.05, 0.1) is 6.61 Å². The maximum Gasteiger partial charge on any atom is 0.220 e. The Balaban J connectivity index is 1.63. The van der Waals surface area contributed by atoms with Crippen LogP contribution in [0.3, 0.4) is 0 Å². The van der Waals surface area contributed by atoms with Gasteiger partial charge in [0, 0.05) is 19.0 Å². The Kier molecular flexibility index (Phi) is 5.41. The van der Waals surface area contributed by atoms with Gasteiger partial charge in [0.15, 0.2) is 0 Å². The number of para-hydroxylation sites is 1. The second-order valence-electron chi connectivity index (χ2n) is 5.46. The minimum atomic E-state index is 0.0840. The number of aryl methyl sites for hydroxylation is 1. The lowest BCUT2D eigenvalue weighted by Gasteiger charge is -2.16. The smallest absolute Gasteiger partial charge is 0.220 e. The number of ether oxygens (including phenoxy) is 1. The molecule has 4 nitrogen and oxygen atoms in total. The van der Waals surface area contributed by atoms with E-state index in [0.29, 0.717) is 25.5 Å². The fourth-order valence-corrected chi connectivity index (χ4v) is 2.28. The number of carbonyl (C=O) groups excluding carboxylic acids is 1. The number of hydrogen-bond donors (Lipinski definition) is 2. The zero-order chi connectivity index (χ0) is 14.4. The highest BCUT2D eigenvalue weighted by Crippen LogP contribution is 2.32. The Morgan fingerprint density at radius 1 is 1.45 bits per heavy atom. The van der Waals surface area contributed by atoms with Crippen LogP contribution in [0.4, 0.5) is 0 Å². The van der Waals surface area contributed by atoms with Crippen molar-refractivity contribution in [2.75, 3.05) is 13.2 Å². The van der Waals surface area contributed by atoms with Crippen LogP contribution in [0.15, 0.2) is 24.3 Å². The van der Waals surface area contributed by atoms with Crippen molar-refractivity contribution in [1.29, 1.82) is 0 Å². The Morgan fingerprint density at radius 3 is 2.85 bits per heavy atom. The highest BCUT2D eigenvalue weighted by molar-refractivity contribution is 5.76. The van der Waals surface area contributed by atoms with Crippen molar-refractivity contribution in [1.82, 2.24) is 5.32 Å². The normalized spacial score (nSPS) is 15.7. The van der Waals surface area contributed by atoms with Crippen molar-refractivity contribution in [3.63, 3.8) is 0 Å². The first-order valence-electron chi connectivity index (χ1n) is 7.38. The molecule has 1 saturated carbocycles. The van der Waals surface area contributed by atoms with Crippen LogP contribution < -0.4 is 15.8 Å². The molecule has 1 aromatic carbocycles. The van der Waals surface area contributed by atoms with Crippen molar-refractivity contribution in [2.24, 2.45) is 11.7 Å². The number of rotatable bonds is 8. The van der Waals surface area contributed by atoms with Gasteiger partial charge in [-0.05, 0) is 43.7 Å². The second kappa shape index (κ2) is 7.29. The van der Waals surface area contributed by atoms with Gasteiger partial charge >= 0.3 is 0 Å². The Hall–Kier alpha value is -1.55. The first-order chi connectivity index (χ1) is 9.70. The molecule has 0 radical (unpaired) electrons. The van der Waals surface area contributed by atoms with Gasteiger partial charge in [-0.2, -0.15) is 0 Å². The lowest BCUT2D eigenvalue weighted by Crippen LogP contribution is -2.41. The molecule has 2 rings (SSSR count). The summed E-state index contributed by atoms with van der Waals surface area (Å²) in [7, 11) is 0. The van der Waals surface area contributed by atoms with Gasteiger partial charge < -0.3 is 15.8 Å². The van der Waals surface area contributed by atoms with Gasteiger partial charge in [0.1, 0.15) is 5.75 Å². The molecule has 1 fully saturated rings. The molecule has 0 spiro atoms. The Morgan fingerprint density at radius 2 is 2.20 bits per heavy atom. The fraction of sp³-hybridized carbons (Fsp3) is 0.562. The minimum Gasteiger partial charge on any atom is -0.493 e. The zero-order valence-corrected chi connectivity index (χ0v) is 12.1. The quantitative estimate of drug-likeness (QED) is 0.714. The number of benzene rings is 1. The van der Waals surface area contributed by atoms with E-state index in [1.54, 1.807) is 0 Å². The van der Waals surface area contributed by atoms with Crippen molar-refractivity contribution in [2.45, 2.75) is 38.6 Å². The average molecular weight is 276 g/mol. The maximum absolute atomic E-state index is 11.8. The Labute approximate surface area is 120 Å². The molecule has 3 N–H and O–H groups in total. The SMILES string of the molecule is Cc1ccccc1OCCCC(=O)NC(CN)C1CC1. The minimum absolute atomic E-state index is 0.0840. The standard InChI is InChI=1S/C16H24N2O2/c1-12-5-2-3-6-15(12)20-10-4-7-16(19)18-14(11-17)13-8-9-13/h2-3,5-6,13-14H,4,7-11,17H2,1H3,(H,18,19). The summed E-state index contributed by atoms with van der Waals surface area (Å²) in [5, 5.41) is 3.02. The summed E-state index contributed by atoms with van der Waals surface area (Å²) in [6, 6.07) is 8.08. The van der Waals surface area contributed by atoms with Crippen molar-refractivity contribution in [3.05, 3.63) is 29.8 Å². The molecule has 1 aliphatic rings. The van der Waals surface area contributed by atoms with Crippen LogP contribution in [0.5, 0.6) is 5.75 Å². The molecule has 1 aliphatic carbocycles. The van der Waals surface area contributed by atoms with Crippen molar-refractivity contribution < 1.29 is 9.53 Å². The van der Waals surface area contributed by atoms with Gasteiger partial charge in [-0.25, -0.2) is 0 Å². The van der Waals surface area contributed by atoms with Crippen molar-refractivity contribution in [3.8, 4) is 5.75 Å². The summed E-state index contributed by atoms with van der Waals surface area (Å²) < 4.78 is 5.67. The summed E-state index contributed by atoms with van der Waals surface area (Å²) in [6.45, 7) is 3.12. The molecule has 0 saturated heterocycles. The van der Waals surface area contributed by atoms with E-state index in [1.807, 2.05) is 31.2 Å². The van der Waals surface area contributed by atoms with Crippen molar-refractivity contribution >= 4 is 5.91 Å². The molecule has 1 atom stereocenters. The number of amides is 1. The lowest BCUT2D eigenvalue weighted by atomic mass is 10.2. The number of nitrogens with two attached hydrogens (primary N) is 1. The molecule has 1 unspecified atom stereocenters. The van der Waals surface area contributed by atoms with Crippen LogP contribution in [0.1, 0.15) is 31.2 Å². The molecule has 20 heavy (non-hydrogen) atoms. The molecule has 0 aromatic heterocycles. The fourth-order valence-electron chi connectivity index (χ4n) is 2.28. The molecular formula is C16H24N2O2. The molecule has 4 heteroatoms. The third-order valence-corrected chi connectivity index (χ3v) is 3.69. The van der Waals surface area contributed by atoms with Gasteiger partial charge in [-0.15, -0.1) is 0 Å². The third kappa shape index (κ3) is 4.53. The lowest BCUT2D eigenvalue weighted by molar-refractivity contribution is -0.122. The van der Waals surface area contributed by atoms with E-state index in [-0.39, 0.29) is 11.9 Å². The van der Waals surface area contributed by atoms with Crippen LogP contribution in [0.2, 0.25) is 0 Å². The van der Waals surface area contributed by atoms with E-state index >= 15 is 0 Å². The number of hydrogen-bond acceptors (Lipinski definition) is 3. The number of nitrogens with one attached hydrogen (secondary N) is 1. The van der Waals surface area contributed by atoms with Crippen LogP contribution in [-0.4, -0.2) is 25.1 Å². The summed E-state index contributed by atoms with van der Waals surface area (Å²) in [5.41, 5.74) is 6.79. The molecule has 0 aliphatic heterocycles. The van der Waals surface area contributed by atoms with Crippen LogP contribution in [-0.2, 0) is 4.79 Å².